The lowest BCUT2D eigenvalue weighted by Gasteiger charge is -2.13. The number of hydrogen-bond acceptors (Lipinski definition) is 5. The number of anilines is 1. The van der Waals surface area contributed by atoms with E-state index < -0.39 is 30.0 Å². The van der Waals surface area contributed by atoms with Gasteiger partial charge in [-0.25, -0.2) is 4.79 Å². The van der Waals surface area contributed by atoms with E-state index in [1.807, 2.05) is 0 Å². The van der Waals surface area contributed by atoms with Crippen LogP contribution in [0.1, 0.15) is 20.7 Å². The Balaban J connectivity index is 1.52. The average molecular weight is 351 g/mol. The zero-order chi connectivity index (χ0) is 18.4. The van der Waals surface area contributed by atoms with Crippen LogP contribution in [0.3, 0.4) is 0 Å². The van der Waals surface area contributed by atoms with Gasteiger partial charge in [-0.15, -0.1) is 0 Å². The van der Waals surface area contributed by atoms with Crippen molar-refractivity contribution in [2.45, 2.75) is 0 Å². The van der Waals surface area contributed by atoms with Gasteiger partial charge >= 0.3 is 5.76 Å². The Kier molecular flexibility index (Phi) is 3.47. The van der Waals surface area contributed by atoms with Crippen molar-refractivity contribution in [3.8, 4) is 0 Å². The molecule has 0 radical (unpaired) electrons. The van der Waals surface area contributed by atoms with Crippen molar-refractivity contribution in [1.82, 2.24) is 9.47 Å². The molecule has 0 saturated heterocycles. The molecule has 0 bridgehead atoms. The Bertz CT molecular complexity index is 1110. The lowest BCUT2D eigenvalue weighted by Crippen LogP contribution is -2.37. The zero-order valence-electron chi connectivity index (χ0n) is 13.7. The Morgan fingerprint density at radius 2 is 1.69 bits per heavy atom. The van der Waals surface area contributed by atoms with E-state index in [4.69, 9.17) is 4.42 Å². The minimum absolute atomic E-state index is 0.290. The molecule has 8 nitrogen and oxygen atoms in total. The molecular weight excluding hydrogens is 338 g/mol. The second-order valence-electron chi connectivity index (χ2n) is 5.90. The minimum atomic E-state index is -0.530. The molecule has 1 aliphatic heterocycles. The van der Waals surface area contributed by atoms with Crippen LogP contribution in [0.5, 0.6) is 0 Å². The van der Waals surface area contributed by atoms with Gasteiger partial charge in [-0.2, -0.15) is 0 Å². The van der Waals surface area contributed by atoms with Crippen LogP contribution >= 0.6 is 0 Å². The third-order valence-electron chi connectivity index (χ3n) is 4.26. The Morgan fingerprint density at radius 3 is 2.35 bits per heavy atom. The first-order valence-electron chi connectivity index (χ1n) is 7.80. The third kappa shape index (κ3) is 2.39. The quantitative estimate of drug-likeness (QED) is 0.718. The number of carbonyl (C=O) groups excluding carboxylic acids is 3. The number of aryl methyl sites for hydroxylation is 1. The Morgan fingerprint density at radius 1 is 1.04 bits per heavy atom. The largest absolute Gasteiger partial charge is 0.419 e. The summed E-state index contributed by atoms with van der Waals surface area (Å²) in [6.45, 7) is -0.400. The number of fused-ring (bicyclic) bond motifs is 2. The predicted molar refractivity (Wildman–Crippen MR) is 91.9 cm³/mol. The minimum Gasteiger partial charge on any atom is -0.408 e. The summed E-state index contributed by atoms with van der Waals surface area (Å²) in [6.07, 6.45) is 0. The van der Waals surface area contributed by atoms with Crippen LogP contribution < -0.4 is 11.1 Å². The number of oxazole rings is 1. The van der Waals surface area contributed by atoms with E-state index in [1.165, 1.54) is 10.6 Å². The average Bonchev–Trinajstić information content (AvgIpc) is 3.04. The normalized spacial score (nSPS) is 13.3. The second kappa shape index (κ2) is 5.69. The molecule has 0 unspecified atom stereocenters. The fourth-order valence-corrected chi connectivity index (χ4v) is 2.94. The molecule has 2 heterocycles. The van der Waals surface area contributed by atoms with Crippen LogP contribution in [-0.2, 0) is 11.8 Å². The maximum absolute atomic E-state index is 12.3. The van der Waals surface area contributed by atoms with Crippen LogP contribution in [0.25, 0.3) is 11.1 Å². The molecule has 3 amide bonds. The van der Waals surface area contributed by atoms with Crippen LogP contribution in [-0.4, -0.2) is 33.7 Å². The van der Waals surface area contributed by atoms with Crippen molar-refractivity contribution in [2.75, 3.05) is 11.9 Å². The summed E-state index contributed by atoms with van der Waals surface area (Å²) >= 11 is 0. The molecule has 0 saturated carbocycles. The molecule has 0 atom stereocenters. The molecule has 26 heavy (non-hydrogen) atoms. The van der Waals surface area contributed by atoms with E-state index in [2.05, 4.69) is 5.32 Å². The third-order valence-corrected chi connectivity index (χ3v) is 4.26. The molecular formula is C18H13N3O5. The van der Waals surface area contributed by atoms with Crippen LogP contribution in [0.2, 0.25) is 0 Å². The first kappa shape index (κ1) is 15.8. The van der Waals surface area contributed by atoms with Gasteiger partial charge in [0.05, 0.1) is 16.6 Å². The predicted octanol–water partition coefficient (Wildman–Crippen LogP) is 1.37. The van der Waals surface area contributed by atoms with Gasteiger partial charge < -0.3 is 9.73 Å². The summed E-state index contributed by atoms with van der Waals surface area (Å²) < 4.78 is 6.42. The molecule has 4 rings (SSSR count). The van der Waals surface area contributed by atoms with Gasteiger partial charge in [0.25, 0.3) is 11.8 Å². The highest BCUT2D eigenvalue weighted by atomic mass is 16.4. The fraction of sp³-hybridized carbons (Fsp3) is 0.111. The van der Waals surface area contributed by atoms with Gasteiger partial charge in [0.2, 0.25) is 5.91 Å². The molecule has 2 aromatic carbocycles. The topological polar surface area (TPSA) is 102 Å². The van der Waals surface area contributed by atoms with Gasteiger partial charge in [-0.3, -0.25) is 23.9 Å². The van der Waals surface area contributed by atoms with Gasteiger partial charge in [-0.1, -0.05) is 12.1 Å². The lowest BCUT2D eigenvalue weighted by molar-refractivity contribution is -0.116. The molecule has 0 spiro atoms. The van der Waals surface area contributed by atoms with Crippen LogP contribution in [0.15, 0.2) is 51.7 Å². The van der Waals surface area contributed by atoms with E-state index in [-0.39, 0.29) is 11.1 Å². The summed E-state index contributed by atoms with van der Waals surface area (Å²) in [7, 11) is 1.58. The lowest BCUT2D eigenvalue weighted by atomic mass is 10.1. The van der Waals surface area contributed by atoms with Crippen molar-refractivity contribution in [3.05, 3.63) is 64.1 Å². The standard InChI is InChI=1S/C18H13N3O5/c1-20-13-7-6-10(8-14(13)26-18(20)25)19-15(22)9-21-16(23)11-4-2-3-5-12(11)17(21)24/h2-8H,9H2,1H3,(H,19,22). The van der Waals surface area contributed by atoms with E-state index in [0.717, 1.165) is 4.90 Å². The van der Waals surface area contributed by atoms with Crippen LogP contribution in [0, 0.1) is 0 Å². The Hall–Kier alpha value is -3.68. The number of hydrogen-bond donors (Lipinski definition) is 1. The first-order chi connectivity index (χ1) is 12.5. The maximum atomic E-state index is 12.3. The number of amides is 3. The number of rotatable bonds is 3. The molecule has 1 N–H and O–H groups in total. The van der Waals surface area contributed by atoms with Crippen molar-refractivity contribution in [1.29, 1.82) is 0 Å². The number of nitrogens with zero attached hydrogens (tertiary/aromatic N) is 2. The zero-order valence-corrected chi connectivity index (χ0v) is 13.7. The molecule has 8 heteroatoms. The SMILES string of the molecule is Cn1c(=O)oc2cc(NC(=O)CN3C(=O)c4ccccc4C3=O)ccc21. The van der Waals surface area contributed by atoms with Crippen molar-refractivity contribution in [3.63, 3.8) is 0 Å². The van der Waals surface area contributed by atoms with Gasteiger partial charge in [-0.05, 0) is 24.3 Å². The van der Waals surface area contributed by atoms with Crippen molar-refractivity contribution < 1.29 is 18.8 Å². The summed E-state index contributed by atoms with van der Waals surface area (Å²) in [5.74, 6) is -2.03. The summed E-state index contributed by atoms with van der Waals surface area (Å²) in [5, 5.41) is 2.60. The number of benzene rings is 2. The summed E-state index contributed by atoms with van der Waals surface area (Å²) in [4.78, 5) is 49.2. The van der Waals surface area contributed by atoms with Gasteiger partial charge in [0.15, 0.2) is 5.58 Å². The monoisotopic (exact) mass is 351 g/mol. The van der Waals surface area contributed by atoms with E-state index in [9.17, 15) is 19.2 Å². The molecule has 1 aliphatic rings. The summed E-state index contributed by atoms with van der Waals surface area (Å²) in [6, 6.07) is 11.2. The number of carbonyl (C=O) groups is 3. The highest BCUT2D eigenvalue weighted by Crippen LogP contribution is 2.22. The molecule has 0 fully saturated rings. The number of nitrogens with one attached hydrogen (secondary N) is 1. The highest BCUT2D eigenvalue weighted by molar-refractivity contribution is 6.22. The molecule has 0 aliphatic carbocycles. The van der Waals surface area contributed by atoms with Gasteiger partial charge in [0.1, 0.15) is 6.54 Å². The van der Waals surface area contributed by atoms with E-state index >= 15 is 0 Å². The van der Waals surface area contributed by atoms with Crippen molar-refractivity contribution in [2.24, 2.45) is 7.05 Å². The van der Waals surface area contributed by atoms with Gasteiger partial charge in [0, 0.05) is 18.8 Å². The van der Waals surface area contributed by atoms with E-state index in [1.54, 1.807) is 43.4 Å². The second-order valence-corrected chi connectivity index (χ2v) is 5.90. The molecule has 3 aromatic rings. The highest BCUT2D eigenvalue weighted by Gasteiger charge is 2.36. The molecule has 130 valence electrons. The fourth-order valence-electron chi connectivity index (χ4n) is 2.94. The Labute approximate surface area is 146 Å². The van der Waals surface area contributed by atoms with E-state index in [0.29, 0.717) is 16.8 Å². The smallest absolute Gasteiger partial charge is 0.408 e. The first-order valence-corrected chi connectivity index (χ1v) is 7.80. The number of aromatic nitrogens is 1. The number of imide groups is 1. The molecule has 1 aromatic heterocycles. The van der Waals surface area contributed by atoms with Crippen molar-refractivity contribution >= 4 is 34.5 Å². The summed E-state index contributed by atoms with van der Waals surface area (Å²) in [5.41, 5.74) is 1.90. The maximum Gasteiger partial charge on any atom is 0.419 e. The van der Waals surface area contributed by atoms with Crippen LogP contribution in [0.4, 0.5) is 5.69 Å².